The lowest BCUT2D eigenvalue weighted by Crippen LogP contribution is -2.45. The number of unbranched alkanes of at least 4 members (excludes halogenated alkanes) is 3. The summed E-state index contributed by atoms with van der Waals surface area (Å²) in [5, 5.41) is 7.98. The zero-order chi connectivity index (χ0) is 20.3. The van der Waals surface area contributed by atoms with Crippen molar-refractivity contribution in [3.8, 4) is 0 Å². The number of alkyl carbamates (subject to hydrolysis) is 1. The lowest BCUT2D eigenvalue weighted by molar-refractivity contribution is -0.118. The van der Waals surface area contributed by atoms with Crippen LogP contribution in [0.5, 0.6) is 0 Å². The second-order valence-electron chi connectivity index (χ2n) is 7.35. The molecule has 0 aromatic heterocycles. The smallest absolute Gasteiger partial charge is 0.408 e. The summed E-state index contributed by atoms with van der Waals surface area (Å²) in [6, 6.07) is 6.15. The number of hydrogen-bond acceptors (Lipinski definition) is 4. The number of benzene rings is 1. The number of carbonyl (C=O) groups excluding carboxylic acids is 3. The molecule has 0 saturated heterocycles. The number of para-hydroxylation sites is 2. The first kappa shape index (κ1) is 22.5. The van der Waals surface area contributed by atoms with Crippen molar-refractivity contribution in [2.75, 3.05) is 10.6 Å². The van der Waals surface area contributed by atoms with E-state index in [1.807, 2.05) is 0 Å². The normalized spacial score (nSPS) is 12.0. The minimum absolute atomic E-state index is 0.350. The van der Waals surface area contributed by atoms with Gasteiger partial charge in [0.15, 0.2) is 0 Å². The summed E-state index contributed by atoms with van der Waals surface area (Å²) in [6.45, 7) is 7.42. The van der Waals surface area contributed by atoms with Gasteiger partial charge in [-0.25, -0.2) is 4.79 Å². The molecule has 27 heavy (non-hydrogen) atoms. The molecule has 7 heteroatoms. The van der Waals surface area contributed by atoms with Crippen molar-refractivity contribution >= 4 is 29.8 Å². The van der Waals surface area contributed by atoms with Crippen molar-refractivity contribution in [2.45, 2.75) is 71.4 Å². The molecule has 150 valence electrons. The quantitative estimate of drug-likeness (QED) is 0.423. The molecule has 0 radical (unpaired) electrons. The van der Waals surface area contributed by atoms with Gasteiger partial charge in [0.25, 0.3) is 0 Å². The maximum absolute atomic E-state index is 12.7. The largest absolute Gasteiger partial charge is 0.444 e. The lowest BCUT2D eigenvalue weighted by Gasteiger charge is -2.23. The molecule has 0 spiro atoms. The predicted octanol–water partition coefficient (Wildman–Crippen LogP) is 4.06. The number of carbonyl (C=O) groups is 3. The molecule has 0 saturated carbocycles. The van der Waals surface area contributed by atoms with Gasteiger partial charge in [-0.3, -0.25) is 9.59 Å². The molecule has 1 aromatic rings. The number of anilines is 2. The van der Waals surface area contributed by atoms with Crippen molar-refractivity contribution in [3.63, 3.8) is 0 Å². The molecule has 0 aliphatic heterocycles. The van der Waals surface area contributed by atoms with Crippen LogP contribution in [0.1, 0.15) is 59.8 Å². The Morgan fingerprint density at radius 3 is 2.37 bits per heavy atom. The van der Waals surface area contributed by atoms with E-state index in [4.69, 9.17) is 4.74 Å². The van der Waals surface area contributed by atoms with E-state index >= 15 is 0 Å². The molecule has 7 nitrogen and oxygen atoms in total. The topological polar surface area (TPSA) is 96.5 Å². The Balaban J connectivity index is 2.82. The van der Waals surface area contributed by atoms with E-state index in [1.165, 1.54) is 0 Å². The van der Waals surface area contributed by atoms with Gasteiger partial charge in [-0.05, 0) is 39.3 Å². The van der Waals surface area contributed by atoms with Gasteiger partial charge < -0.3 is 20.7 Å². The molecule has 1 atom stereocenters. The first-order chi connectivity index (χ1) is 12.8. The maximum atomic E-state index is 12.7. The second kappa shape index (κ2) is 11.2. The Morgan fingerprint density at radius 1 is 1.11 bits per heavy atom. The van der Waals surface area contributed by atoms with Crippen LogP contribution in [-0.4, -0.2) is 30.1 Å². The SMILES string of the molecule is CCCCCCC(NC(=O)OC(C)(C)C)C(=O)Nc1ccccc1NC=O. The number of amides is 3. The minimum atomic E-state index is -0.721. The molecule has 0 heterocycles. The van der Waals surface area contributed by atoms with Crippen LogP contribution in [0.4, 0.5) is 16.2 Å². The Hall–Kier alpha value is -2.57. The molecule has 0 bridgehead atoms. The van der Waals surface area contributed by atoms with E-state index in [9.17, 15) is 14.4 Å². The summed E-state index contributed by atoms with van der Waals surface area (Å²) in [7, 11) is 0. The van der Waals surface area contributed by atoms with E-state index in [0.717, 1.165) is 25.7 Å². The third kappa shape index (κ3) is 9.08. The van der Waals surface area contributed by atoms with Crippen LogP contribution in [0.15, 0.2) is 24.3 Å². The molecule has 1 aromatic carbocycles. The Morgan fingerprint density at radius 2 is 1.78 bits per heavy atom. The number of rotatable bonds is 10. The molecule has 3 amide bonds. The van der Waals surface area contributed by atoms with Crippen LogP contribution in [-0.2, 0) is 14.3 Å². The molecule has 0 aliphatic carbocycles. The average molecular weight is 377 g/mol. The van der Waals surface area contributed by atoms with Crippen LogP contribution in [0.3, 0.4) is 0 Å². The minimum Gasteiger partial charge on any atom is -0.444 e. The van der Waals surface area contributed by atoms with E-state index in [-0.39, 0.29) is 5.91 Å². The van der Waals surface area contributed by atoms with Gasteiger partial charge in [0, 0.05) is 0 Å². The zero-order valence-electron chi connectivity index (χ0n) is 16.6. The van der Waals surface area contributed by atoms with Gasteiger partial charge in [-0.1, -0.05) is 44.7 Å². The highest BCUT2D eigenvalue weighted by molar-refractivity contribution is 5.99. The number of hydrogen-bond donors (Lipinski definition) is 3. The summed E-state index contributed by atoms with van der Waals surface area (Å²) in [5.74, 6) is -0.350. The maximum Gasteiger partial charge on any atom is 0.408 e. The van der Waals surface area contributed by atoms with Gasteiger partial charge >= 0.3 is 6.09 Å². The predicted molar refractivity (Wildman–Crippen MR) is 107 cm³/mol. The van der Waals surface area contributed by atoms with E-state index in [2.05, 4.69) is 22.9 Å². The first-order valence-corrected chi connectivity index (χ1v) is 9.36. The summed E-state index contributed by atoms with van der Waals surface area (Å²) in [5.41, 5.74) is 0.315. The van der Waals surface area contributed by atoms with Gasteiger partial charge in [0.1, 0.15) is 11.6 Å². The average Bonchev–Trinajstić information content (AvgIpc) is 2.58. The zero-order valence-corrected chi connectivity index (χ0v) is 16.6. The van der Waals surface area contributed by atoms with Crippen molar-refractivity contribution in [2.24, 2.45) is 0 Å². The van der Waals surface area contributed by atoms with Crippen LogP contribution < -0.4 is 16.0 Å². The van der Waals surface area contributed by atoms with Crippen molar-refractivity contribution in [1.29, 1.82) is 0 Å². The molecular weight excluding hydrogens is 346 g/mol. The van der Waals surface area contributed by atoms with Gasteiger partial charge in [-0.2, -0.15) is 0 Å². The fraction of sp³-hybridized carbons (Fsp3) is 0.550. The Labute approximate surface area is 161 Å². The molecule has 1 rings (SSSR count). The lowest BCUT2D eigenvalue weighted by atomic mass is 10.1. The summed E-state index contributed by atoms with van der Waals surface area (Å²) in [4.78, 5) is 35.6. The number of ether oxygens (including phenoxy) is 1. The summed E-state index contributed by atoms with van der Waals surface area (Å²) in [6.07, 6.45) is 4.39. The molecule has 0 aliphatic rings. The highest BCUT2D eigenvalue weighted by Gasteiger charge is 2.24. The molecule has 3 N–H and O–H groups in total. The van der Waals surface area contributed by atoms with Crippen molar-refractivity contribution in [3.05, 3.63) is 24.3 Å². The summed E-state index contributed by atoms with van der Waals surface area (Å²) >= 11 is 0. The third-order valence-electron chi connectivity index (χ3n) is 3.75. The van der Waals surface area contributed by atoms with Crippen molar-refractivity contribution in [1.82, 2.24) is 5.32 Å². The van der Waals surface area contributed by atoms with Crippen LogP contribution in [0.2, 0.25) is 0 Å². The fourth-order valence-corrected chi connectivity index (χ4v) is 2.50. The highest BCUT2D eigenvalue weighted by Crippen LogP contribution is 2.21. The molecule has 0 fully saturated rings. The van der Waals surface area contributed by atoms with Gasteiger partial charge in [-0.15, -0.1) is 0 Å². The second-order valence-corrected chi connectivity index (χ2v) is 7.35. The van der Waals surface area contributed by atoms with E-state index in [1.54, 1.807) is 45.0 Å². The van der Waals surface area contributed by atoms with Gasteiger partial charge in [0.2, 0.25) is 12.3 Å². The Kier molecular flexibility index (Phi) is 9.33. The summed E-state index contributed by atoms with van der Waals surface area (Å²) < 4.78 is 5.27. The standard InChI is InChI=1S/C20H31N3O4/c1-5-6-7-8-13-17(23-19(26)27-20(2,3)4)18(25)22-16-12-10-9-11-15(16)21-14-24/h9-12,14,17H,5-8,13H2,1-4H3,(H,21,24)(H,22,25)(H,23,26). The number of nitrogens with one attached hydrogen (secondary N) is 3. The third-order valence-corrected chi connectivity index (χ3v) is 3.75. The van der Waals surface area contributed by atoms with Crippen LogP contribution in [0, 0.1) is 0 Å². The van der Waals surface area contributed by atoms with Crippen LogP contribution >= 0.6 is 0 Å². The molecule has 1 unspecified atom stereocenters. The highest BCUT2D eigenvalue weighted by atomic mass is 16.6. The van der Waals surface area contributed by atoms with E-state index < -0.39 is 17.7 Å². The van der Waals surface area contributed by atoms with Gasteiger partial charge in [0.05, 0.1) is 11.4 Å². The van der Waals surface area contributed by atoms with Crippen LogP contribution in [0.25, 0.3) is 0 Å². The monoisotopic (exact) mass is 377 g/mol. The first-order valence-electron chi connectivity index (χ1n) is 9.36. The fourth-order valence-electron chi connectivity index (χ4n) is 2.50. The van der Waals surface area contributed by atoms with E-state index in [0.29, 0.717) is 24.2 Å². The van der Waals surface area contributed by atoms with Crippen molar-refractivity contribution < 1.29 is 19.1 Å². The molecular formula is C20H31N3O4. The Bertz CT molecular complexity index is 626.